The summed E-state index contributed by atoms with van der Waals surface area (Å²) in [5, 5.41) is 16.8. The highest BCUT2D eigenvalue weighted by molar-refractivity contribution is 5.79. The van der Waals surface area contributed by atoms with Crippen molar-refractivity contribution in [3.63, 3.8) is 0 Å². The Labute approximate surface area is 163 Å². The fourth-order valence-corrected chi connectivity index (χ4v) is 2.81. The maximum absolute atomic E-state index is 10.3. The minimum Gasteiger partial charge on any atom is -0.388 e. The van der Waals surface area contributed by atoms with E-state index in [0.717, 1.165) is 18.1 Å². The molecule has 5 heteroatoms. The van der Waals surface area contributed by atoms with Crippen LogP contribution in [-0.4, -0.2) is 38.3 Å². The van der Waals surface area contributed by atoms with Crippen molar-refractivity contribution >= 4 is 11.6 Å². The van der Waals surface area contributed by atoms with E-state index in [-0.39, 0.29) is 0 Å². The summed E-state index contributed by atoms with van der Waals surface area (Å²) in [6, 6.07) is 16.2. The summed E-state index contributed by atoms with van der Waals surface area (Å²) in [5.74, 6) is 0.772. The van der Waals surface area contributed by atoms with E-state index in [1.807, 2.05) is 51.4 Å². The van der Waals surface area contributed by atoms with Crippen LogP contribution in [0.25, 0.3) is 0 Å². The number of guanidine groups is 1. The zero-order valence-electron chi connectivity index (χ0n) is 16.9. The van der Waals surface area contributed by atoms with Crippen LogP contribution < -0.4 is 15.5 Å². The number of hydrogen-bond acceptors (Lipinski definition) is 3. The van der Waals surface area contributed by atoms with Gasteiger partial charge < -0.3 is 20.6 Å². The maximum atomic E-state index is 10.3. The van der Waals surface area contributed by atoms with Crippen LogP contribution in [-0.2, 0) is 6.54 Å². The molecule has 0 bridgehead atoms. The number of aliphatic hydroxyl groups excluding tert-OH is 1. The Balaban J connectivity index is 1.92. The molecule has 0 saturated heterocycles. The zero-order valence-corrected chi connectivity index (χ0v) is 16.9. The molecule has 0 radical (unpaired) electrons. The molecule has 0 saturated carbocycles. The normalized spacial score (nSPS) is 12.6. The van der Waals surface area contributed by atoms with Gasteiger partial charge >= 0.3 is 0 Å². The maximum Gasteiger partial charge on any atom is 0.191 e. The molecule has 0 spiro atoms. The van der Waals surface area contributed by atoms with Crippen molar-refractivity contribution in [2.75, 3.05) is 32.1 Å². The smallest absolute Gasteiger partial charge is 0.191 e. The topological polar surface area (TPSA) is 59.9 Å². The van der Waals surface area contributed by atoms with Gasteiger partial charge in [0.25, 0.3) is 0 Å². The summed E-state index contributed by atoms with van der Waals surface area (Å²) in [6.07, 6.45) is 0.160. The van der Waals surface area contributed by atoms with E-state index in [1.54, 1.807) is 0 Å². The molecule has 0 aliphatic carbocycles. The number of aliphatic imine (C=N–C) groups is 1. The third kappa shape index (κ3) is 6.61. The number of anilines is 1. The van der Waals surface area contributed by atoms with Crippen LogP contribution in [0.3, 0.4) is 0 Å². The average molecular weight is 369 g/mol. The molecule has 0 aromatic heterocycles. The van der Waals surface area contributed by atoms with Crippen LogP contribution in [0.5, 0.6) is 0 Å². The van der Waals surface area contributed by atoms with Gasteiger partial charge in [-0.15, -0.1) is 0 Å². The van der Waals surface area contributed by atoms with Crippen molar-refractivity contribution in [1.29, 1.82) is 0 Å². The lowest BCUT2D eigenvalue weighted by atomic mass is 10.1. The van der Waals surface area contributed by atoms with Crippen LogP contribution >= 0.6 is 0 Å². The fourth-order valence-electron chi connectivity index (χ4n) is 2.81. The van der Waals surface area contributed by atoms with E-state index in [2.05, 4.69) is 45.6 Å². The quantitative estimate of drug-likeness (QED) is 0.494. The third-order valence-electron chi connectivity index (χ3n) is 4.49. The molecule has 0 amide bonds. The molecule has 5 nitrogen and oxygen atoms in total. The fraction of sp³-hybridized carbons (Fsp3) is 0.409. The largest absolute Gasteiger partial charge is 0.388 e. The van der Waals surface area contributed by atoms with Gasteiger partial charge in [0.1, 0.15) is 0 Å². The average Bonchev–Trinajstić information content (AvgIpc) is 2.67. The van der Waals surface area contributed by atoms with Gasteiger partial charge in [-0.1, -0.05) is 36.4 Å². The molecule has 2 aromatic rings. The highest BCUT2D eigenvalue weighted by atomic mass is 16.3. The highest BCUT2D eigenvalue weighted by Gasteiger charge is 2.07. The first-order valence-electron chi connectivity index (χ1n) is 9.53. The van der Waals surface area contributed by atoms with Gasteiger partial charge in [0.2, 0.25) is 0 Å². The zero-order chi connectivity index (χ0) is 19.6. The monoisotopic (exact) mass is 368 g/mol. The lowest BCUT2D eigenvalue weighted by Crippen LogP contribution is -2.38. The Bertz CT molecular complexity index is 728. The van der Waals surface area contributed by atoms with Gasteiger partial charge in [-0.2, -0.15) is 0 Å². The molecule has 3 N–H and O–H groups in total. The number of aryl methyl sites for hydroxylation is 1. The van der Waals surface area contributed by atoms with Crippen LogP contribution in [0.2, 0.25) is 0 Å². The van der Waals surface area contributed by atoms with Crippen LogP contribution in [0.1, 0.15) is 36.1 Å². The van der Waals surface area contributed by atoms with Gasteiger partial charge in [-0.25, -0.2) is 4.99 Å². The summed E-state index contributed by atoms with van der Waals surface area (Å²) in [5.41, 5.74) is 4.58. The molecule has 0 heterocycles. The molecular formula is C22H32N4O. The Morgan fingerprint density at radius 3 is 2.48 bits per heavy atom. The van der Waals surface area contributed by atoms with E-state index in [0.29, 0.717) is 19.5 Å². The first-order valence-corrected chi connectivity index (χ1v) is 9.53. The molecule has 27 heavy (non-hydrogen) atoms. The Hall–Kier alpha value is -2.53. The SMILES string of the molecule is CCNC(=NCc1ccc(N(C)C)cc1C)NCCC(O)c1ccccc1. The number of aliphatic hydroxyl groups is 1. The van der Waals surface area contributed by atoms with Gasteiger partial charge in [0, 0.05) is 32.9 Å². The molecule has 1 atom stereocenters. The summed E-state index contributed by atoms with van der Waals surface area (Å²) in [7, 11) is 4.09. The Kier molecular flexibility index (Phi) is 8.14. The summed E-state index contributed by atoms with van der Waals surface area (Å²) < 4.78 is 0. The van der Waals surface area contributed by atoms with E-state index in [4.69, 9.17) is 0 Å². The standard InChI is InChI=1S/C22H32N4O/c1-5-23-22(24-14-13-21(27)18-9-7-6-8-10-18)25-16-19-11-12-20(26(3)4)15-17(19)2/h6-12,15,21,27H,5,13-14,16H2,1-4H3,(H2,23,24,25). The van der Waals surface area contributed by atoms with Crippen molar-refractivity contribution in [3.05, 3.63) is 65.2 Å². The molecule has 0 aliphatic rings. The minimum absolute atomic E-state index is 0.470. The molecule has 2 rings (SSSR count). The number of nitrogens with zero attached hydrogens (tertiary/aromatic N) is 2. The first-order chi connectivity index (χ1) is 13.0. The molecule has 0 fully saturated rings. The van der Waals surface area contributed by atoms with Crippen molar-refractivity contribution in [2.24, 2.45) is 4.99 Å². The van der Waals surface area contributed by atoms with Gasteiger partial charge in [0.05, 0.1) is 12.6 Å². The second-order valence-electron chi connectivity index (χ2n) is 6.84. The molecule has 146 valence electrons. The minimum atomic E-state index is -0.470. The van der Waals surface area contributed by atoms with Crippen molar-refractivity contribution < 1.29 is 5.11 Å². The van der Waals surface area contributed by atoms with Crippen molar-refractivity contribution in [3.8, 4) is 0 Å². The predicted molar refractivity (Wildman–Crippen MR) is 114 cm³/mol. The van der Waals surface area contributed by atoms with E-state index >= 15 is 0 Å². The summed E-state index contributed by atoms with van der Waals surface area (Å²) in [6.45, 7) is 6.24. The van der Waals surface area contributed by atoms with E-state index in [9.17, 15) is 5.11 Å². The van der Waals surface area contributed by atoms with Crippen molar-refractivity contribution in [1.82, 2.24) is 10.6 Å². The van der Waals surface area contributed by atoms with Crippen LogP contribution in [0, 0.1) is 6.92 Å². The number of nitrogens with one attached hydrogen (secondary N) is 2. The van der Waals surface area contributed by atoms with Crippen LogP contribution in [0.4, 0.5) is 5.69 Å². The molecule has 1 unspecified atom stereocenters. The number of hydrogen-bond donors (Lipinski definition) is 3. The Morgan fingerprint density at radius 1 is 1.11 bits per heavy atom. The molecular weight excluding hydrogens is 336 g/mol. The van der Waals surface area contributed by atoms with Crippen LogP contribution in [0.15, 0.2) is 53.5 Å². The number of rotatable bonds is 8. The number of benzene rings is 2. The summed E-state index contributed by atoms with van der Waals surface area (Å²) >= 11 is 0. The van der Waals surface area contributed by atoms with Gasteiger partial charge in [-0.05, 0) is 49.1 Å². The second kappa shape index (κ2) is 10.6. The molecule has 2 aromatic carbocycles. The summed E-state index contributed by atoms with van der Waals surface area (Å²) in [4.78, 5) is 6.79. The van der Waals surface area contributed by atoms with Gasteiger partial charge in [-0.3, -0.25) is 0 Å². The lowest BCUT2D eigenvalue weighted by Gasteiger charge is -2.16. The van der Waals surface area contributed by atoms with Gasteiger partial charge in [0.15, 0.2) is 5.96 Å². The Morgan fingerprint density at radius 2 is 1.85 bits per heavy atom. The highest BCUT2D eigenvalue weighted by Crippen LogP contribution is 2.18. The second-order valence-corrected chi connectivity index (χ2v) is 6.84. The van der Waals surface area contributed by atoms with E-state index < -0.39 is 6.10 Å². The lowest BCUT2D eigenvalue weighted by molar-refractivity contribution is 0.168. The third-order valence-corrected chi connectivity index (χ3v) is 4.49. The predicted octanol–water partition coefficient (Wildman–Crippen LogP) is 3.24. The van der Waals surface area contributed by atoms with Crippen molar-refractivity contribution in [2.45, 2.75) is 32.9 Å². The molecule has 0 aliphatic heterocycles. The first kappa shape index (κ1) is 20.8. The van der Waals surface area contributed by atoms with E-state index in [1.165, 1.54) is 16.8 Å².